The Morgan fingerprint density at radius 1 is 1.00 bits per heavy atom. The third-order valence-electron chi connectivity index (χ3n) is 3.96. The summed E-state index contributed by atoms with van der Waals surface area (Å²) in [4.78, 5) is 13.6. The summed E-state index contributed by atoms with van der Waals surface area (Å²) in [7, 11) is 3.18. The van der Waals surface area contributed by atoms with Crippen molar-refractivity contribution in [2.24, 2.45) is 0 Å². The maximum absolute atomic E-state index is 12.5. The van der Waals surface area contributed by atoms with E-state index < -0.39 is 0 Å². The Balaban J connectivity index is 1.60. The van der Waals surface area contributed by atoms with Crippen LogP contribution in [-0.2, 0) is 13.2 Å². The van der Waals surface area contributed by atoms with Gasteiger partial charge < -0.3 is 19.5 Å². The molecule has 1 N–H and O–H groups in total. The van der Waals surface area contributed by atoms with E-state index in [1.807, 2.05) is 47.8 Å². The molecule has 0 aliphatic rings. The Morgan fingerprint density at radius 2 is 1.85 bits per heavy atom. The van der Waals surface area contributed by atoms with Gasteiger partial charge in [0.25, 0.3) is 5.91 Å². The molecule has 5 nitrogen and oxygen atoms in total. The molecule has 3 rings (SSSR count). The first-order chi connectivity index (χ1) is 13.2. The molecule has 1 aromatic heterocycles. The van der Waals surface area contributed by atoms with Crippen LogP contribution in [0.3, 0.4) is 0 Å². The number of ether oxygens (including phenoxy) is 3. The highest BCUT2D eigenvalue weighted by Crippen LogP contribution is 2.27. The standard InChI is InChI=1S/C21H21NO4S/c1-24-19-9-8-15(11-20(19)25-2)13-22-21(23)16-5-3-6-17(12-16)26-14-18-7-4-10-27-18/h3-12H,13-14H2,1-2H3,(H,22,23). The van der Waals surface area contributed by atoms with Crippen LogP contribution >= 0.6 is 11.3 Å². The number of benzene rings is 2. The molecule has 140 valence electrons. The second-order valence-electron chi connectivity index (χ2n) is 5.77. The molecule has 3 aromatic rings. The average molecular weight is 383 g/mol. The Morgan fingerprint density at radius 3 is 2.59 bits per heavy atom. The van der Waals surface area contributed by atoms with E-state index in [2.05, 4.69) is 5.32 Å². The van der Waals surface area contributed by atoms with Crippen LogP contribution in [-0.4, -0.2) is 20.1 Å². The molecule has 0 aliphatic heterocycles. The summed E-state index contributed by atoms with van der Waals surface area (Å²) in [5, 5.41) is 4.92. The molecule has 6 heteroatoms. The summed E-state index contributed by atoms with van der Waals surface area (Å²) in [6.45, 7) is 0.883. The van der Waals surface area contributed by atoms with Crippen LogP contribution in [0.15, 0.2) is 60.0 Å². The van der Waals surface area contributed by atoms with Crippen LogP contribution in [0.25, 0.3) is 0 Å². The van der Waals surface area contributed by atoms with E-state index in [0.717, 1.165) is 10.4 Å². The highest BCUT2D eigenvalue weighted by atomic mass is 32.1. The van der Waals surface area contributed by atoms with Crippen LogP contribution in [0.5, 0.6) is 17.2 Å². The predicted octanol–water partition coefficient (Wildman–Crippen LogP) is 4.27. The van der Waals surface area contributed by atoms with Crippen LogP contribution in [0.4, 0.5) is 0 Å². The van der Waals surface area contributed by atoms with Gasteiger partial charge in [0.1, 0.15) is 12.4 Å². The van der Waals surface area contributed by atoms with Crippen molar-refractivity contribution in [3.05, 3.63) is 76.0 Å². The molecule has 0 radical (unpaired) electrons. The number of methoxy groups -OCH3 is 2. The number of thiophene rings is 1. The van der Waals surface area contributed by atoms with E-state index in [9.17, 15) is 4.79 Å². The molecule has 1 amide bonds. The number of hydrogen-bond acceptors (Lipinski definition) is 5. The van der Waals surface area contributed by atoms with Gasteiger partial charge in [0.15, 0.2) is 11.5 Å². The lowest BCUT2D eigenvalue weighted by molar-refractivity contribution is 0.0950. The van der Waals surface area contributed by atoms with E-state index in [1.165, 1.54) is 0 Å². The lowest BCUT2D eigenvalue weighted by Gasteiger charge is -2.11. The van der Waals surface area contributed by atoms with Crippen LogP contribution in [0.1, 0.15) is 20.8 Å². The van der Waals surface area contributed by atoms with Crippen molar-refractivity contribution in [3.8, 4) is 17.2 Å². The molecule has 0 spiro atoms. The fourth-order valence-electron chi connectivity index (χ4n) is 2.55. The van der Waals surface area contributed by atoms with Crippen molar-refractivity contribution in [1.29, 1.82) is 0 Å². The van der Waals surface area contributed by atoms with Crippen LogP contribution in [0, 0.1) is 0 Å². The number of rotatable bonds is 8. The molecule has 0 bridgehead atoms. The second kappa shape index (κ2) is 9.09. The van der Waals surface area contributed by atoms with Crippen LogP contribution < -0.4 is 19.5 Å². The normalized spacial score (nSPS) is 10.3. The van der Waals surface area contributed by atoms with Gasteiger partial charge in [0, 0.05) is 17.0 Å². The van der Waals surface area contributed by atoms with Crippen molar-refractivity contribution < 1.29 is 19.0 Å². The topological polar surface area (TPSA) is 56.8 Å². The zero-order valence-corrected chi connectivity index (χ0v) is 16.0. The average Bonchev–Trinajstić information content (AvgIpc) is 3.24. The molecule has 27 heavy (non-hydrogen) atoms. The summed E-state index contributed by atoms with van der Waals surface area (Å²) in [5.41, 5.74) is 1.48. The largest absolute Gasteiger partial charge is 0.493 e. The maximum atomic E-state index is 12.5. The monoisotopic (exact) mass is 383 g/mol. The van der Waals surface area contributed by atoms with Gasteiger partial charge in [0.2, 0.25) is 0 Å². The minimum atomic E-state index is -0.161. The van der Waals surface area contributed by atoms with E-state index in [0.29, 0.717) is 36.0 Å². The number of amides is 1. The molecular formula is C21H21NO4S. The van der Waals surface area contributed by atoms with Gasteiger partial charge in [-0.2, -0.15) is 0 Å². The Labute approximate surface area is 162 Å². The Bertz CT molecular complexity index is 893. The summed E-state index contributed by atoms with van der Waals surface area (Å²) in [6, 6.07) is 16.7. The summed E-state index contributed by atoms with van der Waals surface area (Å²) < 4.78 is 16.3. The van der Waals surface area contributed by atoms with Crippen molar-refractivity contribution in [3.63, 3.8) is 0 Å². The maximum Gasteiger partial charge on any atom is 0.251 e. The van der Waals surface area contributed by atoms with E-state index >= 15 is 0 Å². The van der Waals surface area contributed by atoms with Gasteiger partial charge in [-0.15, -0.1) is 11.3 Å². The zero-order valence-electron chi connectivity index (χ0n) is 15.2. The fraction of sp³-hybridized carbons (Fsp3) is 0.190. The van der Waals surface area contributed by atoms with Crippen molar-refractivity contribution in [2.75, 3.05) is 14.2 Å². The van der Waals surface area contributed by atoms with Crippen molar-refractivity contribution in [1.82, 2.24) is 5.32 Å². The second-order valence-corrected chi connectivity index (χ2v) is 6.80. The summed E-state index contributed by atoms with van der Waals surface area (Å²) in [5.74, 6) is 1.80. The number of carbonyl (C=O) groups excluding carboxylic acids is 1. The van der Waals surface area contributed by atoms with Crippen molar-refractivity contribution >= 4 is 17.2 Å². The molecule has 1 heterocycles. The van der Waals surface area contributed by atoms with Gasteiger partial charge in [0.05, 0.1) is 14.2 Å². The molecule has 0 fully saturated rings. The quantitative estimate of drug-likeness (QED) is 0.631. The minimum Gasteiger partial charge on any atom is -0.493 e. The van der Waals surface area contributed by atoms with Crippen molar-refractivity contribution in [2.45, 2.75) is 13.2 Å². The number of hydrogen-bond donors (Lipinski definition) is 1. The van der Waals surface area contributed by atoms with E-state index in [-0.39, 0.29) is 5.91 Å². The van der Waals surface area contributed by atoms with Gasteiger partial charge in [-0.3, -0.25) is 4.79 Å². The van der Waals surface area contributed by atoms with Gasteiger partial charge in [-0.25, -0.2) is 0 Å². The SMILES string of the molecule is COc1ccc(CNC(=O)c2cccc(OCc3cccs3)c2)cc1OC. The fourth-order valence-corrected chi connectivity index (χ4v) is 3.17. The number of nitrogens with one attached hydrogen (secondary N) is 1. The highest BCUT2D eigenvalue weighted by molar-refractivity contribution is 7.09. The smallest absolute Gasteiger partial charge is 0.251 e. The molecule has 0 saturated heterocycles. The molecule has 0 atom stereocenters. The first kappa shape index (κ1) is 18.8. The molecule has 0 aliphatic carbocycles. The third-order valence-corrected chi connectivity index (χ3v) is 4.81. The highest BCUT2D eigenvalue weighted by Gasteiger charge is 2.09. The van der Waals surface area contributed by atoms with Gasteiger partial charge in [-0.1, -0.05) is 18.2 Å². The number of carbonyl (C=O) groups is 1. The Hall–Kier alpha value is -2.99. The van der Waals surface area contributed by atoms with E-state index in [4.69, 9.17) is 14.2 Å². The van der Waals surface area contributed by atoms with Crippen LogP contribution in [0.2, 0.25) is 0 Å². The minimum absolute atomic E-state index is 0.161. The Kier molecular flexibility index (Phi) is 6.33. The lowest BCUT2D eigenvalue weighted by Crippen LogP contribution is -2.22. The summed E-state index contributed by atoms with van der Waals surface area (Å²) >= 11 is 1.64. The molecule has 2 aromatic carbocycles. The van der Waals surface area contributed by atoms with E-state index in [1.54, 1.807) is 37.7 Å². The molecule has 0 saturated carbocycles. The summed E-state index contributed by atoms with van der Waals surface area (Å²) in [6.07, 6.45) is 0. The molecular weight excluding hydrogens is 362 g/mol. The predicted molar refractivity (Wildman–Crippen MR) is 106 cm³/mol. The first-order valence-corrected chi connectivity index (χ1v) is 9.32. The first-order valence-electron chi connectivity index (χ1n) is 8.44. The zero-order chi connectivity index (χ0) is 19.1. The van der Waals surface area contributed by atoms with Gasteiger partial charge in [-0.05, 0) is 47.3 Å². The van der Waals surface area contributed by atoms with Gasteiger partial charge >= 0.3 is 0 Å². The molecule has 0 unspecified atom stereocenters. The lowest BCUT2D eigenvalue weighted by atomic mass is 10.1. The third kappa shape index (κ3) is 5.01.